The van der Waals surface area contributed by atoms with E-state index in [1.54, 1.807) is 36.5 Å². The molecule has 0 saturated heterocycles. The second-order valence-corrected chi connectivity index (χ2v) is 10.7. The molecule has 0 spiro atoms. The third-order valence-electron chi connectivity index (χ3n) is 6.42. The van der Waals surface area contributed by atoms with E-state index in [2.05, 4.69) is 37.0 Å². The van der Waals surface area contributed by atoms with Gasteiger partial charge in [-0.1, -0.05) is 53.4 Å². The van der Waals surface area contributed by atoms with E-state index in [4.69, 9.17) is 9.72 Å². The first kappa shape index (κ1) is 24.8. The van der Waals surface area contributed by atoms with Crippen LogP contribution in [0.3, 0.4) is 0 Å². The van der Waals surface area contributed by atoms with Gasteiger partial charge in [0.15, 0.2) is 0 Å². The molecule has 5 rings (SSSR count). The summed E-state index contributed by atoms with van der Waals surface area (Å²) in [7, 11) is 0. The molecule has 0 radical (unpaired) electrons. The Labute approximate surface area is 225 Å². The van der Waals surface area contributed by atoms with E-state index in [0.29, 0.717) is 26.7 Å². The minimum Gasteiger partial charge on any atom is -0.488 e. The zero-order chi connectivity index (χ0) is 25.1. The molecular weight excluding hydrogens is 589 g/mol. The van der Waals surface area contributed by atoms with Gasteiger partial charge in [0.25, 0.3) is 5.56 Å². The maximum atomic E-state index is 13.9. The van der Waals surface area contributed by atoms with Gasteiger partial charge in [0, 0.05) is 16.0 Å². The van der Waals surface area contributed by atoms with Crippen LogP contribution in [0.5, 0.6) is 5.75 Å². The van der Waals surface area contributed by atoms with Crippen molar-refractivity contribution in [1.29, 1.82) is 0 Å². The van der Waals surface area contributed by atoms with Crippen LogP contribution in [0.15, 0.2) is 79.5 Å². The number of halogens is 3. The molecule has 0 unspecified atom stereocenters. The lowest BCUT2D eigenvalue weighted by Crippen LogP contribution is -2.25. The summed E-state index contributed by atoms with van der Waals surface area (Å²) in [4.78, 5) is 18.3. The largest absolute Gasteiger partial charge is 0.488 e. The Morgan fingerprint density at radius 2 is 1.86 bits per heavy atom. The van der Waals surface area contributed by atoms with Gasteiger partial charge in [0.1, 0.15) is 24.0 Å². The van der Waals surface area contributed by atoms with E-state index in [9.17, 15) is 9.18 Å². The second kappa shape index (κ2) is 11.0. The van der Waals surface area contributed by atoms with Crippen LogP contribution in [-0.2, 0) is 6.61 Å². The van der Waals surface area contributed by atoms with Gasteiger partial charge < -0.3 is 4.74 Å². The number of aromatic nitrogens is 2. The highest BCUT2D eigenvalue weighted by molar-refractivity contribution is 9.10. The Bertz CT molecular complexity index is 1500. The van der Waals surface area contributed by atoms with Gasteiger partial charge in [0.05, 0.1) is 21.6 Å². The van der Waals surface area contributed by atoms with Crippen molar-refractivity contribution in [3.8, 4) is 5.75 Å². The molecule has 0 amide bonds. The number of rotatable bonds is 6. The van der Waals surface area contributed by atoms with Crippen LogP contribution in [0.4, 0.5) is 4.39 Å². The molecule has 8 heteroatoms. The average molecular weight is 613 g/mol. The Hall–Kier alpha value is -2.84. The van der Waals surface area contributed by atoms with Gasteiger partial charge in [-0.05, 0) is 76.8 Å². The minimum atomic E-state index is -0.299. The van der Waals surface area contributed by atoms with Crippen LogP contribution in [0, 0.1) is 5.82 Å². The molecule has 0 N–H and O–H groups in total. The normalized spacial score (nSPS) is 14.5. The topological polar surface area (TPSA) is 56.5 Å². The van der Waals surface area contributed by atoms with Gasteiger partial charge in [-0.15, -0.1) is 0 Å². The molecule has 1 heterocycles. The van der Waals surface area contributed by atoms with Crippen LogP contribution in [-0.4, -0.2) is 15.9 Å². The van der Waals surface area contributed by atoms with Crippen LogP contribution in [0.2, 0.25) is 0 Å². The van der Waals surface area contributed by atoms with Crippen molar-refractivity contribution >= 4 is 49.0 Å². The zero-order valence-electron chi connectivity index (χ0n) is 19.5. The lowest BCUT2D eigenvalue weighted by Gasteiger charge is -2.22. The first-order valence-corrected chi connectivity index (χ1v) is 13.5. The molecule has 1 aromatic heterocycles. The zero-order valence-corrected chi connectivity index (χ0v) is 22.6. The number of fused-ring (bicyclic) bond motifs is 1. The van der Waals surface area contributed by atoms with E-state index in [-0.39, 0.29) is 23.9 Å². The molecule has 1 aliphatic rings. The van der Waals surface area contributed by atoms with Crippen molar-refractivity contribution in [3.05, 3.63) is 103 Å². The lowest BCUT2D eigenvalue weighted by atomic mass is 9.88. The fraction of sp³-hybridized carbons (Fsp3) is 0.250. The molecule has 3 aromatic carbocycles. The molecule has 0 aliphatic heterocycles. The number of benzene rings is 3. The van der Waals surface area contributed by atoms with Gasteiger partial charge in [-0.2, -0.15) is 9.78 Å². The molecule has 184 valence electrons. The van der Waals surface area contributed by atoms with Crippen molar-refractivity contribution in [2.45, 2.75) is 44.6 Å². The molecule has 0 atom stereocenters. The third kappa shape index (κ3) is 5.44. The summed E-state index contributed by atoms with van der Waals surface area (Å²) in [5, 5.41) is 5.12. The van der Waals surface area contributed by atoms with Gasteiger partial charge in [0.2, 0.25) is 0 Å². The van der Waals surface area contributed by atoms with Crippen molar-refractivity contribution in [3.63, 3.8) is 0 Å². The van der Waals surface area contributed by atoms with Crippen molar-refractivity contribution < 1.29 is 9.13 Å². The summed E-state index contributed by atoms with van der Waals surface area (Å²) >= 11 is 6.99. The van der Waals surface area contributed by atoms with Gasteiger partial charge in [-0.25, -0.2) is 9.37 Å². The SMILES string of the molecule is O=c1c2cc(Br)ccc2nc(C2CCCCC2)n1N=Cc1ccc(OCc2ccccc2F)c(Br)c1. The molecule has 5 nitrogen and oxygen atoms in total. The molecular formula is C28H24Br2FN3O2. The molecule has 1 saturated carbocycles. The first-order valence-electron chi connectivity index (χ1n) is 11.9. The Kier molecular flexibility index (Phi) is 7.62. The summed E-state index contributed by atoms with van der Waals surface area (Å²) < 4.78 is 22.7. The predicted octanol–water partition coefficient (Wildman–Crippen LogP) is 7.57. The number of nitrogens with zero attached hydrogens (tertiary/aromatic N) is 3. The molecule has 4 aromatic rings. The first-order chi connectivity index (χ1) is 17.5. The summed E-state index contributed by atoms with van der Waals surface area (Å²) in [6, 6.07) is 17.6. The van der Waals surface area contributed by atoms with E-state index < -0.39 is 0 Å². The van der Waals surface area contributed by atoms with Crippen LogP contribution in [0.1, 0.15) is 55.0 Å². The summed E-state index contributed by atoms with van der Waals surface area (Å²) in [6.45, 7) is 0.122. The number of ether oxygens (including phenoxy) is 1. The highest BCUT2D eigenvalue weighted by Crippen LogP contribution is 2.32. The minimum absolute atomic E-state index is 0.122. The number of hydrogen-bond acceptors (Lipinski definition) is 4. The molecule has 1 aliphatic carbocycles. The Morgan fingerprint density at radius 3 is 2.64 bits per heavy atom. The predicted molar refractivity (Wildman–Crippen MR) is 147 cm³/mol. The van der Waals surface area contributed by atoms with E-state index in [1.165, 1.54) is 17.2 Å². The van der Waals surface area contributed by atoms with Crippen molar-refractivity contribution in [2.24, 2.45) is 5.10 Å². The quantitative estimate of drug-likeness (QED) is 0.211. The van der Waals surface area contributed by atoms with Crippen LogP contribution < -0.4 is 10.3 Å². The third-order valence-corrected chi connectivity index (χ3v) is 7.54. The fourth-order valence-electron chi connectivity index (χ4n) is 4.51. The Morgan fingerprint density at radius 1 is 1.06 bits per heavy atom. The van der Waals surface area contributed by atoms with Gasteiger partial charge in [-0.3, -0.25) is 4.79 Å². The number of hydrogen-bond donors (Lipinski definition) is 0. The van der Waals surface area contributed by atoms with Crippen LogP contribution >= 0.6 is 31.9 Å². The molecule has 1 fully saturated rings. The van der Waals surface area contributed by atoms with E-state index in [1.807, 2.05) is 24.3 Å². The lowest BCUT2D eigenvalue weighted by molar-refractivity contribution is 0.298. The highest BCUT2D eigenvalue weighted by Gasteiger charge is 2.22. The van der Waals surface area contributed by atoms with E-state index in [0.717, 1.165) is 41.5 Å². The smallest absolute Gasteiger partial charge is 0.282 e. The van der Waals surface area contributed by atoms with Crippen molar-refractivity contribution in [2.75, 3.05) is 0 Å². The van der Waals surface area contributed by atoms with Gasteiger partial charge >= 0.3 is 0 Å². The highest BCUT2D eigenvalue weighted by atomic mass is 79.9. The molecule has 36 heavy (non-hydrogen) atoms. The monoisotopic (exact) mass is 611 g/mol. The maximum absolute atomic E-state index is 13.9. The van der Waals surface area contributed by atoms with E-state index >= 15 is 0 Å². The summed E-state index contributed by atoms with van der Waals surface area (Å²) in [5.74, 6) is 1.22. The standard InChI is InChI=1S/C28H24Br2FN3O2/c29-21-11-12-25-22(15-21)28(35)34(27(33-25)19-6-2-1-3-7-19)32-16-18-10-13-26(23(30)14-18)36-17-20-8-4-5-9-24(20)31/h4-5,8-16,19H,1-3,6-7,17H2. The maximum Gasteiger partial charge on any atom is 0.282 e. The second-order valence-electron chi connectivity index (χ2n) is 8.90. The molecule has 0 bridgehead atoms. The summed E-state index contributed by atoms with van der Waals surface area (Å²) in [6.07, 6.45) is 7.13. The van der Waals surface area contributed by atoms with Crippen molar-refractivity contribution in [1.82, 2.24) is 9.66 Å². The summed E-state index contributed by atoms with van der Waals surface area (Å²) in [5.41, 5.74) is 1.78. The fourth-order valence-corrected chi connectivity index (χ4v) is 5.38. The Balaban J connectivity index is 1.44. The average Bonchev–Trinajstić information content (AvgIpc) is 2.89. The van der Waals surface area contributed by atoms with Crippen LogP contribution in [0.25, 0.3) is 10.9 Å².